The van der Waals surface area contributed by atoms with E-state index in [0.29, 0.717) is 10.7 Å². The van der Waals surface area contributed by atoms with Gasteiger partial charge >= 0.3 is 0 Å². The van der Waals surface area contributed by atoms with Gasteiger partial charge in [-0.15, -0.1) is 11.8 Å². The first-order valence-electron chi connectivity index (χ1n) is 4.48. The van der Waals surface area contributed by atoms with Crippen molar-refractivity contribution in [2.24, 2.45) is 0 Å². The van der Waals surface area contributed by atoms with E-state index in [2.05, 4.69) is 6.07 Å². The molecule has 1 heterocycles. The van der Waals surface area contributed by atoms with Gasteiger partial charge in [-0.3, -0.25) is 0 Å². The van der Waals surface area contributed by atoms with Gasteiger partial charge in [0.25, 0.3) is 0 Å². The van der Waals surface area contributed by atoms with Gasteiger partial charge in [-0.25, -0.2) is 0 Å². The summed E-state index contributed by atoms with van der Waals surface area (Å²) in [7, 11) is 0. The lowest BCUT2D eigenvalue weighted by Gasteiger charge is -2.14. The SMILES string of the molecule is CS/C(C#N)=C1\C=Cc2ccccc2O1. The number of hydrogen-bond acceptors (Lipinski definition) is 3. The van der Waals surface area contributed by atoms with Crippen LogP contribution in [0.15, 0.2) is 41.0 Å². The summed E-state index contributed by atoms with van der Waals surface area (Å²) in [5.41, 5.74) is 1.04. The van der Waals surface area contributed by atoms with Gasteiger partial charge in [-0.2, -0.15) is 5.26 Å². The molecular formula is C12H9NOS. The van der Waals surface area contributed by atoms with Crippen LogP contribution < -0.4 is 4.74 Å². The second kappa shape index (κ2) is 4.24. The molecule has 1 aromatic rings. The highest BCUT2D eigenvalue weighted by molar-refractivity contribution is 8.02. The normalized spacial score (nSPS) is 16.3. The van der Waals surface area contributed by atoms with Crippen molar-refractivity contribution in [3.63, 3.8) is 0 Å². The van der Waals surface area contributed by atoms with E-state index < -0.39 is 0 Å². The highest BCUT2D eigenvalue weighted by Gasteiger charge is 2.12. The molecule has 1 aliphatic heterocycles. The summed E-state index contributed by atoms with van der Waals surface area (Å²) in [5, 5.41) is 8.88. The van der Waals surface area contributed by atoms with Crippen LogP contribution >= 0.6 is 11.8 Å². The van der Waals surface area contributed by atoms with Gasteiger partial charge in [0, 0.05) is 5.56 Å². The molecule has 3 heteroatoms. The van der Waals surface area contributed by atoms with Crippen molar-refractivity contribution in [2.45, 2.75) is 0 Å². The van der Waals surface area contributed by atoms with Crippen molar-refractivity contribution in [3.05, 3.63) is 46.6 Å². The molecule has 15 heavy (non-hydrogen) atoms. The molecule has 0 unspecified atom stereocenters. The maximum absolute atomic E-state index is 8.88. The summed E-state index contributed by atoms with van der Waals surface area (Å²) < 4.78 is 5.63. The van der Waals surface area contributed by atoms with Crippen LogP contribution in [0.1, 0.15) is 5.56 Å². The first kappa shape index (κ1) is 9.88. The zero-order chi connectivity index (χ0) is 10.7. The maximum atomic E-state index is 8.88. The summed E-state index contributed by atoms with van der Waals surface area (Å²) in [5.74, 6) is 1.43. The minimum Gasteiger partial charge on any atom is -0.455 e. The standard InChI is InChI=1S/C12H9NOS/c1-15-12(8-13)11-7-6-9-4-2-3-5-10(9)14-11/h2-7H,1H3/b12-11+. The van der Waals surface area contributed by atoms with Crippen LogP contribution in [0.5, 0.6) is 5.75 Å². The Hall–Kier alpha value is -1.66. The minimum atomic E-state index is 0.598. The molecule has 1 aliphatic rings. The fourth-order valence-corrected chi connectivity index (χ4v) is 1.75. The molecule has 0 N–H and O–H groups in total. The number of nitrogens with zero attached hydrogens (tertiary/aromatic N) is 1. The zero-order valence-corrected chi connectivity index (χ0v) is 9.04. The molecule has 0 fully saturated rings. The van der Waals surface area contributed by atoms with E-state index in [0.717, 1.165) is 11.3 Å². The Morgan fingerprint density at radius 3 is 2.87 bits per heavy atom. The Morgan fingerprint density at radius 2 is 2.13 bits per heavy atom. The van der Waals surface area contributed by atoms with E-state index in [-0.39, 0.29) is 0 Å². The average molecular weight is 215 g/mol. The first-order chi connectivity index (χ1) is 7.35. The molecule has 0 saturated carbocycles. The van der Waals surface area contributed by atoms with Crippen LogP contribution in [-0.2, 0) is 0 Å². The lowest BCUT2D eigenvalue weighted by Crippen LogP contribution is -2.00. The number of ether oxygens (including phenoxy) is 1. The number of nitriles is 1. The number of para-hydroxylation sites is 1. The van der Waals surface area contributed by atoms with E-state index in [9.17, 15) is 0 Å². The fraction of sp³-hybridized carbons (Fsp3) is 0.0833. The van der Waals surface area contributed by atoms with E-state index >= 15 is 0 Å². The monoisotopic (exact) mass is 215 g/mol. The van der Waals surface area contributed by atoms with Crippen LogP contribution in [-0.4, -0.2) is 6.26 Å². The number of rotatable bonds is 1. The zero-order valence-electron chi connectivity index (χ0n) is 8.23. The van der Waals surface area contributed by atoms with Crippen LogP contribution in [0.4, 0.5) is 0 Å². The molecule has 74 valence electrons. The van der Waals surface area contributed by atoms with Gasteiger partial charge in [0.1, 0.15) is 16.7 Å². The third-order valence-electron chi connectivity index (χ3n) is 2.08. The van der Waals surface area contributed by atoms with Gasteiger partial charge in [-0.05, 0) is 24.5 Å². The quantitative estimate of drug-likeness (QED) is 0.674. The van der Waals surface area contributed by atoms with Crippen molar-refractivity contribution < 1.29 is 4.74 Å². The number of hydrogen-bond donors (Lipinski definition) is 0. The topological polar surface area (TPSA) is 33.0 Å². The lowest BCUT2D eigenvalue weighted by atomic mass is 10.1. The molecule has 0 aliphatic carbocycles. The summed E-state index contributed by atoms with van der Waals surface area (Å²) in [6.07, 6.45) is 5.66. The lowest BCUT2D eigenvalue weighted by molar-refractivity contribution is 0.439. The predicted molar refractivity (Wildman–Crippen MR) is 62.3 cm³/mol. The second-order valence-corrected chi connectivity index (χ2v) is 3.80. The maximum Gasteiger partial charge on any atom is 0.151 e. The summed E-state index contributed by atoms with van der Waals surface area (Å²) >= 11 is 1.39. The third-order valence-corrected chi connectivity index (χ3v) is 2.78. The summed E-state index contributed by atoms with van der Waals surface area (Å²) in [6.45, 7) is 0. The Balaban J connectivity index is 2.43. The first-order valence-corrected chi connectivity index (χ1v) is 5.71. The molecule has 0 aromatic heterocycles. The van der Waals surface area contributed by atoms with Crippen molar-refractivity contribution in [3.8, 4) is 11.8 Å². The minimum absolute atomic E-state index is 0.598. The molecule has 0 radical (unpaired) electrons. The van der Waals surface area contributed by atoms with E-state index in [1.165, 1.54) is 11.8 Å². The fourth-order valence-electron chi connectivity index (χ4n) is 1.35. The Bertz CT molecular complexity index is 483. The molecule has 0 spiro atoms. The van der Waals surface area contributed by atoms with E-state index in [1.807, 2.05) is 42.7 Å². The summed E-state index contributed by atoms with van der Waals surface area (Å²) in [6, 6.07) is 9.87. The van der Waals surface area contributed by atoms with Crippen LogP contribution in [0.3, 0.4) is 0 Å². The average Bonchev–Trinajstić information content (AvgIpc) is 2.30. The van der Waals surface area contributed by atoms with Crippen molar-refractivity contribution in [1.82, 2.24) is 0 Å². The predicted octanol–water partition coefficient (Wildman–Crippen LogP) is 3.19. The van der Waals surface area contributed by atoms with Crippen LogP contribution in [0, 0.1) is 11.3 Å². The molecular weight excluding hydrogens is 206 g/mol. The Kier molecular flexibility index (Phi) is 2.79. The van der Waals surface area contributed by atoms with Gasteiger partial charge in [0.05, 0.1) is 0 Å². The van der Waals surface area contributed by atoms with Crippen molar-refractivity contribution >= 4 is 17.8 Å². The van der Waals surface area contributed by atoms with Crippen LogP contribution in [0.2, 0.25) is 0 Å². The Labute approximate surface area is 92.9 Å². The highest BCUT2D eigenvalue weighted by Crippen LogP contribution is 2.30. The van der Waals surface area contributed by atoms with Gasteiger partial charge in [0.15, 0.2) is 5.76 Å². The van der Waals surface area contributed by atoms with E-state index in [4.69, 9.17) is 10.00 Å². The van der Waals surface area contributed by atoms with Crippen molar-refractivity contribution in [2.75, 3.05) is 6.26 Å². The second-order valence-electron chi connectivity index (χ2n) is 2.98. The van der Waals surface area contributed by atoms with E-state index in [1.54, 1.807) is 0 Å². The van der Waals surface area contributed by atoms with Crippen molar-refractivity contribution in [1.29, 1.82) is 5.26 Å². The molecule has 2 rings (SSSR count). The largest absolute Gasteiger partial charge is 0.455 e. The molecule has 0 saturated heterocycles. The molecule has 1 aromatic carbocycles. The van der Waals surface area contributed by atoms with Gasteiger partial charge < -0.3 is 4.74 Å². The van der Waals surface area contributed by atoms with Crippen LogP contribution in [0.25, 0.3) is 6.08 Å². The molecule has 0 atom stereocenters. The number of fused-ring (bicyclic) bond motifs is 1. The van der Waals surface area contributed by atoms with Gasteiger partial charge in [0.2, 0.25) is 0 Å². The molecule has 0 bridgehead atoms. The number of benzene rings is 1. The highest BCUT2D eigenvalue weighted by atomic mass is 32.2. The smallest absolute Gasteiger partial charge is 0.151 e. The third kappa shape index (κ3) is 1.90. The molecule has 2 nitrogen and oxygen atoms in total. The number of allylic oxidation sites excluding steroid dienone is 2. The Morgan fingerprint density at radius 1 is 1.33 bits per heavy atom. The van der Waals surface area contributed by atoms with Gasteiger partial charge in [-0.1, -0.05) is 18.2 Å². The summed E-state index contributed by atoms with van der Waals surface area (Å²) in [4.78, 5) is 0.598. The molecule has 0 amide bonds. The number of thioether (sulfide) groups is 1.